The zero-order valence-electron chi connectivity index (χ0n) is 10.9. The normalized spacial score (nSPS) is 12.0. The largest absolute Gasteiger partial charge is 0.496 e. The topological polar surface area (TPSA) is 41.5 Å². The number of nitrogens with one attached hydrogen (secondary N) is 1. The van der Waals surface area contributed by atoms with Crippen molar-refractivity contribution in [2.75, 3.05) is 19.0 Å². The number of aliphatic hydroxyl groups is 1. The van der Waals surface area contributed by atoms with E-state index in [0.29, 0.717) is 12.1 Å². The van der Waals surface area contributed by atoms with Crippen LogP contribution in [0, 0.1) is 5.82 Å². The van der Waals surface area contributed by atoms with Crippen molar-refractivity contribution < 1.29 is 14.2 Å². The maximum atomic E-state index is 13.1. The van der Waals surface area contributed by atoms with E-state index in [-0.39, 0.29) is 5.82 Å². The van der Waals surface area contributed by atoms with Crippen LogP contribution in [0.4, 0.5) is 10.1 Å². The number of aliphatic hydroxyl groups excluding tert-OH is 1. The molecule has 0 aliphatic carbocycles. The minimum Gasteiger partial charge on any atom is -0.496 e. The minimum atomic E-state index is -0.772. The Balaban J connectivity index is 1.99. The van der Waals surface area contributed by atoms with Crippen LogP contribution in [-0.4, -0.2) is 18.8 Å². The van der Waals surface area contributed by atoms with Crippen molar-refractivity contribution in [1.29, 1.82) is 0 Å². The zero-order valence-corrected chi connectivity index (χ0v) is 12.5. The molecule has 0 radical (unpaired) electrons. The molecule has 3 nitrogen and oxygen atoms in total. The van der Waals surface area contributed by atoms with Crippen LogP contribution in [0.3, 0.4) is 0 Å². The zero-order chi connectivity index (χ0) is 14.5. The lowest BCUT2D eigenvalue weighted by molar-refractivity contribution is 0.191. The van der Waals surface area contributed by atoms with Gasteiger partial charge in [0, 0.05) is 12.2 Å². The Morgan fingerprint density at radius 2 is 2.10 bits per heavy atom. The number of halogens is 2. The molecule has 1 unspecified atom stereocenters. The van der Waals surface area contributed by atoms with E-state index in [1.54, 1.807) is 19.2 Å². The van der Waals surface area contributed by atoms with Gasteiger partial charge < -0.3 is 15.2 Å². The third-order valence-corrected chi connectivity index (χ3v) is 3.50. The number of ether oxygens (including phenoxy) is 1. The van der Waals surface area contributed by atoms with Gasteiger partial charge in [0.2, 0.25) is 0 Å². The van der Waals surface area contributed by atoms with Gasteiger partial charge in [-0.2, -0.15) is 0 Å². The van der Waals surface area contributed by atoms with Crippen LogP contribution in [0.5, 0.6) is 5.75 Å². The Labute approximate surface area is 125 Å². The van der Waals surface area contributed by atoms with E-state index >= 15 is 0 Å². The summed E-state index contributed by atoms with van der Waals surface area (Å²) in [6.45, 7) is 0.294. The summed E-state index contributed by atoms with van der Waals surface area (Å²) in [7, 11) is 1.60. The second-order valence-electron chi connectivity index (χ2n) is 4.30. The summed E-state index contributed by atoms with van der Waals surface area (Å²) in [6.07, 6.45) is -0.772. The van der Waals surface area contributed by atoms with Gasteiger partial charge in [-0.3, -0.25) is 0 Å². The molecule has 0 saturated carbocycles. The van der Waals surface area contributed by atoms with E-state index < -0.39 is 6.10 Å². The van der Waals surface area contributed by atoms with E-state index in [0.717, 1.165) is 15.9 Å². The van der Waals surface area contributed by atoms with E-state index in [2.05, 4.69) is 21.2 Å². The third-order valence-electron chi connectivity index (χ3n) is 2.88. The van der Waals surface area contributed by atoms with Crippen LogP contribution in [0.25, 0.3) is 0 Å². The first-order valence-corrected chi connectivity index (χ1v) is 6.90. The van der Waals surface area contributed by atoms with Crippen molar-refractivity contribution in [3.05, 3.63) is 58.3 Å². The number of anilines is 1. The van der Waals surface area contributed by atoms with Crippen LogP contribution in [0.2, 0.25) is 0 Å². The first-order valence-electron chi connectivity index (χ1n) is 6.11. The lowest BCUT2D eigenvalue weighted by Gasteiger charge is -2.14. The second-order valence-corrected chi connectivity index (χ2v) is 5.16. The standard InChI is InChI=1S/C15H15BrFNO2/c1-20-15-6-5-12(8-13(15)16)18-9-14(19)10-3-2-4-11(17)7-10/h2-8,14,18-19H,9H2,1H3. The number of hydrogen-bond acceptors (Lipinski definition) is 3. The van der Waals surface area contributed by atoms with Crippen LogP contribution in [-0.2, 0) is 0 Å². The van der Waals surface area contributed by atoms with Gasteiger partial charge in [0.1, 0.15) is 11.6 Å². The van der Waals surface area contributed by atoms with E-state index in [1.807, 2.05) is 18.2 Å². The summed E-state index contributed by atoms with van der Waals surface area (Å²) < 4.78 is 19.0. The Morgan fingerprint density at radius 1 is 1.30 bits per heavy atom. The summed E-state index contributed by atoms with van der Waals surface area (Å²) >= 11 is 3.39. The van der Waals surface area contributed by atoms with Gasteiger partial charge in [0.15, 0.2) is 0 Å². The Hall–Kier alpha value is -1.59. The van der Waals surface area contributed by atoms with Crippen molar-refractivity contribution in [1.82, 2.24) is 0 Å². The van der Waals surface area contributed by atoms with Crippen LogP contribution in [0.1, 0.15) is 11.7 Å². The number of hydrogen-bond donors (Lipinski definition) is 2. The average Bonchev–Trinajstić information content (AvgIpc) is 2.45. The van der Waals surface area contributed by atoms with E-state index in [1.165, 1.54) is 12.1 Å². The van der Waals surface area contributed by atoms with Crippen LogP contribution in [0.15, 0.2) is 46.9 Å². The lowest BCUT2D eigenvalue weighted by atomic mass is 10.1. The molecule has 0 fully saturated rings. The second kappa shape index (κ2) is 6.72. The van der Waals surface area contributed by atoms with Gasteiger partial charge in [0.05, 0.1) is 17.7 Å². The highest BCUT2D eigenvalue weighted by molar-refractivity contribution is 9.10. The molecule has 0 aliphatic heterocycles. The maximum Gasteiger partial charge on any atom is 0.133 e. The molecule has 0 saturated heterocycles. The Kier molecular flexibility index (Phi) is 4.98. The summed E-state index contributed by atoms with van der Waals surface area (Å²) in [5.41, 5.74) is 1.39. The summed E-state index contributed by atoms with van der Waals surface area (Å²) in [4.78, 5) is 0. The van der Waals surface area contributed by atoms with Crippen molar-refractivity contribution in [2.24, 2.45) is 0 Å². The highest BCUT2D eigenvalue weighted by Crippen LogP contribution is 2.28. The smallest absolute Gasteiger partial charge is 0.133 e. The lowest BCUT2D eigenvalue weighted by Crippen LogP contribution is -2.12. The molecule has 2 aromatic carbocycles. The molecule has 0 spiro atoms. The predicted molar refractivity (Wildman–Crippen MR) is 80.5 cm³/mol. The molecule has 20 heavy (non-hydrogen) atoms. The number of rotatable bonds is 5. The summed E-state index contributed by atoms with van der Waals surface area (Å²) in [5.74, 6) is 0.384. The van der Waals surface area contributed by atoms with Crippen molar-refractivity contribution >= 4 is 21.6 Å². The predicted octanol–water partition coefficient (Wildman–Crippen LogP) is 3.74. The molecule has 2 rings (SSSR count). The monoisotopic (exact) mass is 339 g/mol. The van der Waals surface area contributed by atoms with Crippen molar-refractivity contribution in [3.8, 4) is 5.75 Å². The molecule has 0 heterocycles. The quantitative estimate of drug-likeness (QED) is 0.871. The fourth-order valence-corrected chi connectivity index (χ4v) is 2.36. The van der Waals surface area contributed by atoms with E-state index in [9.17, 15) is 9.50 Å². The summed E-state index contributed by atoms with van der Waals surface area (Å²) in [5, 5.41) is 13.1. The van der Waals surface area contributed by atoms with Gasteiger partial charge in [-0.1, -0.05) is 12.1 Å². The third kappa shape index (κ3) is 3.71. The molecule has 2 aromatic rings. The fraction of sp³-hybridized carbons (Fsp3) is 0.200. The molecule has 0 aliphatic rings. The highest BCUT2D eigenvalue weighted by Gasteiger charge is 2.08. The Morgan fingerprint density at radius 3 is 2.75 bits per heavy atom. The van der Waals surface area contributed by atoms with Crippen LogP contribution < -0.4 is 10.1 Å². The fourth-order valence-electron chi connectivity index (χ4n) is 1.82. The molecule has 0 amide bonds. The molecule has 1 atom stereocenters. The first-order chi connectivity index (χ1) is 9.60. The summed E-state index contributed by atoms with van der Waals surface area (Å²) in [6, 6.07) is 11.5. The molecule has 0 aromatic heterocycles. The molecule has 2 N–H and O–H groups in total. The van der Waals surface area contributed by atoms with Gasteiger partial charge in [-0.05, 0) is 51.8 Å². The molecular formula is C15H15BrFNO2. The van der Waals surface area contributed by atoms with Gasteiger partial charge in [-0.25, -0.2) is 4.39 Å². The van der Waals surface area contributed by atoms with Gasteiger partial charge >= 0.3 is 0 Å². The minimum absolute atomic E-state index is 0.294. The SMILES string of the molecule is COc1ccc(NCC(O)c2cccc(F)c2)cc1Br. The van der Waals surface area contributed by atoms with Crippen molar-refractivity contribution in [3.63, 3.8) is 0 Å². The molecule has 0 bridgehead atoms. The van der Waals surface area contributed by atoms with Gasteiger partial charge in [0.25, 0.3) is 0 Å². The molecule has 5 heteroatoms. The average molecular weight is 340 g/mol. The maximum absolute atomic E-state index is 13.1. The molecule has 106 valence electrons. The number of methoxy groups -OCH3 is 1. The first kappa shape index (κ1) is 14.8. The van der Waals surface area contributed by atoms with Crippen LogP contribution >= 0.6 is 15.9 Å². The Bertz CT molecular complexity index is 592. The molecular weight excluding hydrogens is 325 g/mol. The number of benzene rings is 2. The highest BCUT2D eigenvalue weighted by atomic mass is 79.9. The van der Waals surface area contributed by atoms with E-state index in [4.69, 9.17) is 4.74 Å². The van der Waals surface area contributed by atoms with Gasteiger partial charge in [-0.15, -0.1) is 0 Å². The van der Waals surface area contributed by atoms with Crippen molar-refractivity contribution in [2.45, 2.75) is 6.10 Å².